The van der Waals surface area contributed by atoms with Crippen molar-refractivity contribution in [2.45, 2.75) is 13.0 Å². The third kappa shape index (κ3) is 3.85. The van der Waals surface area contributed by atoms with Crippen molar-refractivity contribution in [3.8, 4) is 11.5 Å². The maximum atomic E-state index is 12.5. The van der Waals surface area contributed by atoms with Crippen LogP contribution in [0.2, 0.25) is 5.02 Å². The Bertz CT molecular complexity index is 1070. The molecule has 0 unspecified atom stereocenters. The summed E-state index contributed by atoms with van der Waals surface area (Å²) in [6.07, 6.45) is 0.190. The third-order valence-electron chi connectivity index (χ3n) is 4.18. The van der Waals surface area contributed by atoms with Gasteiger partial charge in [-0.2, -0.15) is 4.99 Å². The van der Waals surface area contributed by atoms with Gasteiger partial charge in [-0.15, -0.1) is 0 Å². The quantitative estimate of drug-likeness (QED) is 0.653. The number of nitrogens with zero attached hydrogens (tertiary/aromatic N) is 2. The van der Waals surface area contributed by atoms with Crippen LogP contribution in [0.4, 0.5) is 0 Å². The van der Waals surface area contributed by atoms with Gasteiger partial charge >= 0.3 is 0 Å². The van der Waals surface area contributed by atoms with Crippen LogP contribution in [-0.2, 0) is 22.5 Å². The predicted octanol–water partition coefficient (Wildman–Crippen LogP) is 3.40. The van der Waals surface area contributed by atoms with Gasteiger partial charge in [-0.1, -0.05) is 29.0 Å². The van der Waals surface area contributed by atoms with E-state index >= 15 is 0 Å². The molecule has 0 atom stereocenters. The van der Waals surface area contributed by atoms with E-state index in [9.17, 15) is 4.79 Å². The van der Waals surface area contributed by atoms with E-state index in [4.69, 9.17) is 25.8 Å². The molecule has 4 rings (SSSR count). The monoisotopic (exact) mass is 404 g/mol. The molecular weight excluding hydrogens is 388 g/mol. The Hall–Kier alpha value is -2.35. The molecule has 3 aromatic rings. The number of benzene rings is 2. The highest BCUT2D eigenvalue weighted by Gasteiger charge is 2.15. The Morgan fingerprint density at radius 1 is 1.26 bits per heavy atom. The lowest BCUT2D eigenvalue weighted by molar-refractivity contribution is -0.117. The highest BCUT2D eigenvalue weighted by Crippen LogP contribution is 2.32. The molecule has 0 radical (unpaired) electrons. The number of carbonyl (C=O) groups is 1. The van der Waals surface area contributed by atoms with Gasteiger partial charge in [0.2, 0.25) is 6.79 Å². The summed E-state index contributed by atoms with van der Waals surface area (Å²) in [5.41, 5.74) is 1.82. The van der Waals surface area contributed by atoms with Crippen molar-refractivity contribution in [1.29, 1.82) is 0 Å². The summed E-state index contributed by atoms with van der Waals surface area (Å²) in [7, 11) is 1.65. The van der Waals surface area contributed by atoms with Crippen molar-refractivity contribution in [3.63, 3.8) is 0 Å². The van der Waals surface area contributed by atoms with Crippen LogP contribution >= 0.6 is 22.9 Å². The highest BCUT2D eigenvalue weighted by atomic mass is 35.5. The number of fused-ring (bicyclic) bond motifs is 2. The highest BCUT2D eigenvalue weighted by molar-refractivity contribution is 7.16. The maximum Gasteiger partial charge on any atom is 0.252 e. The normalized spacial score (nSPS) is 13.5. The molecule has 1 aliphatic rings. The predicted molar refractivity (Wildman–Crippen MR) is 104 cm³/mol. The molecule has 0 aliphatic carbocycles. The Kier molecular flexibility index (Phi) is 5.15. The van der Waals surface area contributed by atoms with Gasteiger partial charge < -0.3 is 18.8 Å². The largest absolute Gasteiger partial charge is 0.454 e. The SMILES string of the molecule is COCCn1c(=NC(=O)Cc2ccc3c(c2)OCO3)sc2cc(Cl)ccc21. The Morgan fingerprint density at radius 2 is 2.11 bits per heavy atom. The van der Waals surface area contributed by atoms with Gasteiger partial charge in [-0.3, -0.25) is 4.79 Å². The van der Waals surface area contributed by atoms with Crippen LogP contribution in [0.1, 0.15) is 5.56 Å². The smallest absolute Gasteiger partial charge is 0.252 e. The van der Waals surface area contributed by atoms with E-state index < -0.39 is 0 Å². The van der Waals surface area contributed by atoms with E-state index in [2.05, 4.69) is 4.99 Å². The molecule has 1 amide bonds. The Balaban J connectivity index is 1.65. The van der Waals surface area contributed by atoms with Gasteiger partial charge in [-0.05, 0) is 35.9 Å². The fraction of sp³-hybridized carbons (Fsp3) is 0.263. The standard InChI is InChI=1S/C19H17ClN2O4S/c1-24-7-6-22-14-4-3-13(20)10-17(14)27-19(22)21-18(23)9-12-2-5-15-16(8-12)26-11-25-15/h2-5,8,10H,6-7,9,11H2,1H3. The lowest BCUT2D eigenvalue weighted by Gasteiger charge is -2.04. The topological polar surface area (TPSA) is 62.1 Å². The lowest BCUT2D eigenvalue weighted by atomic mass is 10.1. The van der Waals surface area contributed by atoms with Crippen LogP contribution in [0, 0.1) is 0 Å². The summed E-state index contributed by atoms with van der Waals surface area (Å²) in [6.45, 7) is 1.34. The van der Waals surface area contributed by atoms with Crippen LogP contribution in [0.5, 0.6) is 11.5 Å². The molecule has 0 saturated heterocycles. The average Bonchev–Trinajstić information content (AvgIpc) is 3.23. The minimum Gasteiger partial charge on any atom is -0.454 e. The van der Waals surface area contributed by atoms with Crippen molar-refractivity contribution in [2.24, 2.45) is 4.99 Å². The van der Waals surface area contributed by atoms with Crippen molar-refractivity contribution < 1.29 is 19.0 Å². The minimum absolute atomic E-state index is 0.190. The number of ether oxygens (including phenoxy) is 3. The van der Waals surface area contributed by atoms with Gasteiger partial charge in [-0.25, -0.2) is 0 Å². The van der Waals surface area contributed by atoms with Gasteiger partial charge in [0.05, 0.1) is 23.2 Å². The number of methoxy groups -OCH3 is 1. The third-order valence-corrected chi connectivity index (χ3v) is 5.45. The van der Waals surface area contributed by atoms with Gasteiger partial charge in [0.1, 0.15) is 0 Å². The van der Waals surface area contributed by atoms with E-state index in [1.165, 1.54) is 11.3 Å². The minimum atomic E-state index is -0.224. The molecule has 1 aromatic heterocycles. The first-order chi connectivity index (χ1) is 13.1. The number of aromatic nitrogens is 1. The first-order valence-corrected chi connectivity index (χ1v) is 9.57. The summed E-state index contributed by atoms with van der Waals surface area (Å²) in [6, 6.07) is 11.1. The van der Waals surface area contributed by atoms with Gasteiger partial charge in [0.15, 0.2) is 16.3 Å². The van der Waals surface area contributed by atoms with Gasteiger partial charge in [0, 0.05) is 18.7 Å². The zero-order valence-corrected chi connectivity index (χ0v) is 16.2. The molecule has 1 aliphatic heterocycles. The molecule has 0 bridgehead atoms. The molecule has 0 spiro atoms. The van der Waals surface area contributed by atoms with Crippen molar-refractivity contribution in [1.82, 2.24) is 4.57 Å². The Labute approximate surface area is 164 Å². The first-order valence-electron chi connectivity index (χ1n) is 8.38. The molecule has 6 nitrogen and oxygen atoms in total. The number of thiazole rings is 1. The molecule has 27 heavy (non-hydrogen) atoms. The van der Waals surface area contributed by atoms with E-state index in [1.807, 2.05) is 41.0 Å². The molecule has 2 aromatic carbocycles. The summed E-state index contributed by atoms with van der Waals surface area (Å²) < 4.78 is 18.8. The van der Waals surface area contributed by atoms with Crippen LogP contribution in [0.3, 0.4) is 0 Å². The molecule has 2 heterocycles. The number of carbonyl (C=O) groups excluding carboxylic acids is 1. The molecule has 8 heteroatoms. The Morgan fingerprint density at radius 3 is 2.96 bits per heavy atom. The number of halogens is 1. The summed E-state index contributed by atoms with van der Waals surface area (Å²) >= 11 is 7.54. The van der Waals surface area contributed by atoms with Crippen LogP contribution in [0.25, 0.3) is 10.2 Å². The molecule has 0 saturated carbocycles. The van der Waals surface area contributed by atoms with Crippen LogP contribution in [-0.4, -0.2) is 31.0 Å². The van der Waals surface area contributed by atoms with E-state index in [-0.39, 0.29) is 19.1 Å². The van der Waals surface area contributed by atoms with E-state index in [0.717, 1.165) is 15.8 Å². The zero-order chi connectivity index (χ0) is 18.8. The average molecular weight is 405 g/mol. The zero-order valence-electron chi connectivity index (χ0n) is 14.6. The summed E-state index contributed by atoms with van der Waals surface area (Å²) in [5.74, 6) is 1.13. The van der Waals surface area contributed by atoms with Gasteiger partial charge in [0.25, 0.3) is 5.91 Å². The maximum absolute atomic E-state index is 12.5. The summed E-state index contributed by atoms with van der Waals surface area (Å²) in [4.78, 5) is 17.5. The fourth-order valence-corrected chi connectivity index (χ4v) is 4.25. The lowest BCUT2D eigenvalue weighted by Crippen LogP contribution is -2.19. The van der Waals surface area contributed by atoms with E-state index in [0.29, 0.717) is 34.5 Å². The van der Waals surface area contributed by atoms with Crippen LogP contribution in [0.15, 0.2) is 41.4 Å². The number of amides is 1. The summed E-state index contributed by atoms with van der Waals surface area (Å²) in [5, 5.41) is 0.654. The molecule has 0 N–H and O–H groups in total. The van der Waals surface area contributed by atoms with Crippen molar-refractivity contribution >= 4 is 39.1 Å². The fourth-order valence-electron chi connectivity index (χ4n) is 2.90. The first kappa shape index (κ1) is 18.0. The van der Waals surface area contributed by atoms with E-state index in [1.54, 1.807) is 7.11 Å². The van der Waals surface area contributed by atoms with Crippen molar-refractivity contribution in [2.75, 3.05) is 20.5 Å². The number of hydrogen-bond donors (Lipinski definition) is 0. The second kappa shape index (κ2) is 7.72. The molecule has 140 valence electrons. The molecular formula is C19H17ClN2O4S. The second-order valence-electron chi connectivity index (χ2n) is 6.01. The second-order valence-corrected chi connectivity index (χ2v) is 7.46. The number of hydrogen-bond acceptors (Lipinski definition) is 5. The number of rotatable bonds is 5. The molecule has 0 fully saturated rings. The van der Waals surface area contributed by atoms with Crippen molar-refractivity contribution in [3.05, 3.63) is 51.8 Å². The van der Waals surface area contributed by atoms with Crippen LogP contribution < -0.4 is 14.3 Å².